The lowest BCUT2D eigenvalue weighted by atomic mass is 9.71. The largest absolute Gasteiger partial charge is 0.389 e. The SMILES string of the molecule is CC1(C)CCC(O)(CNCc2cnccn2)CC1. The molecule has 1 aromatic rings. The summed E-state index contributed by atoms with van der Waals surface area (Å²) in [5.41, 5.74) is 0.756. The standard InChI is InChI=1S/C14H23N3O/c1-13(2)3-5-14(18,6-4-13)11-16-10-12-9-15-7-8-17-12/h7-9,16,18H,3-6,10-11H2,1-2H3. The van der Waals surface area contributed by atoms with E-state index in [1.54, 1.807) is 18.6 Å². The molecule has 0 radical (unpaired) electrons. The van der Waals surface area contributed by atoms with Gasteiger partial charge in [-0.3, -0.25) is 9.97 Å². The van der Waals surface area contributed by atoms with Gasteiger partial charge in [0.25, 0.3) is 0 Å². The van der Waals surface area contributed by atoms with Gasteiger partial charge in [0.1, 0.15) is 0 Å². The highest BCUT2D eigenvalue weighted by Crippen LogP contribution is 2.39. The number of rotatable bonds is 4. The van der Waals surface area contributed by atoms with Gasteiger partial charge in [0.15, 0.2) is 0 Å². The minimum absolute atomic E-state index is 0.386. The van der Waals surface area contributed by atoms with Crippen LogP contribution in [0.5, 0.6) is 0 Å². The Morgan fingerprint density at radius 3 is 2.56 bits per heavy atom. The minimum atomic E-state index is -0.544. The molecule has 1 aliphatic rings. The summed E-state index contributed by atoms with van der Waals surface area (Å²) in [6.45, 7) is 5.86. The van der Waals surface area contributed by atoms with Crippen molar-refractivity contribution < 1.29 is 5.11 Å². The van der Waals surface area contributed by atoms with E-state index in [2.05, 4.69) is 29.1 Å². The van der Waals surface area contributed by atoms with E-state index in [1.165, 1.54) is 0 Å². The summed E-state index contributed by atoms with van der Waals surface area (Å²) >= 11 is 0. The predicted octanol–water partition coefficient (Wildman–Crippen LogP) is 1.90. The molecule has 0 unspecified atom stereocenters. The normalized spacial score (nSPS) is 21.7. The van der Waals surface area contributed by atoms with Crippen LogP contribution in [0.15, 0.2) is 18.6 Å². The van der Waals surface area contributed by atoms with Gasteiger partial charge in [-0.05, 0) is 31.1 Å². The van der Waals surface area contributed by atoms with Gasteiger partial charge in [-0.1, -0.05) is 13.8 Å². The first kappa shape index (κ1) is 13.4. The van der Waals surface area contributed by atoms with Crippen LogP contribution < -0.4 is 5.32 Å². The van der Waals surface area contributed by atoms with Crippen molar-refractivity contribution in [1.29, 1.82) is 0 Å². The van der Waals surface area contributed by atoms with Gasteiger partial charge < -0.3 is 10.4 Å². The number of aromatic nitrogens is 2. The maximum Gasteiger partial charge on any atom is 0.0772 e. The van der Waals surface area contributed by atoms with Crippen molar-refractivity contribution in [2.75, 3.05) is 6.54 Å². The lowest BCUT2D eigenvalue weighted by Crippen LogP contribution is -2.44. The van der Waals surface area contributed by atoms with Gasteiger partial charge in [0.05, 0.1) is 11.3 Å². The van der Waals surface area contributed by atoms with Crippen molar-refractivity contribution in [2.24, 2.45) is 5.41 Å². The second-order valence-electron chi connectivity index (χ2n) is 6.19. The van der Waals surface area contributed by atoms with Crippen molar-refractivity contribution >= 4 is 0 Å². The Morgan fingerprint density at radius 2 is 1.94 bits per heavy atom. The van der Waals surface area contributed by atoms with Crippen LogP contribution in [0, 0.1) is 5.41 Å². The zero-order chi connectivity index (χ0) is 13.1. The molecular formula is C14H23N3O. The molecule has 1 aromatic heterocycles. The molecule has 0 saturated heterocycles. The van der Waals surface area contributed by atoms with E-state index in [9.17, 15) is 5.11 Å². The van der Waals surface area contributed by atoms with Gasteiger partial charge in [-0.15, -0.1) is 0 Å². The third kappa shape index (κ3) is 3.75. The summed E-state index contributed by atoms with van der Waals surface area (Å²) in [6.07, 6.45) is 9.06. The third-order valence-corrected chi connectivity index (χ3v) is 3.91. The molecule has 1 fully saturated rings. The summed E-state index contributed by atoms with van der Waals surface area (Å²) in [5, 5.41) is 13.8. The van der Waals surface area contributed by atoms with E-state index in [-0.39, 0.29) is 0 Å². The Hall–Kier alpha value is -1.00. The van der Waals surface area contributed by atoms with Crippen molar-refractivity contribution in [3.05, 3.63) is 24.3 Å². The molecule has 1 aliphatic carbocycles. The molecule has 1 heterocycles. The molecule has 0 bridgehead atoms. The molecule has 0 aromatic carbocycles. The zero-order valence-corrected chi connectivity index (χ0v) is 11.3. The third-order valence-electron chi connectivity index (χ3n) is 3.91. The average molecular weight is 249 g/mol. The Bertz CT molecular complexity index is 368. The maximum absolute atomic E-state index is 10.5. The highest BCUT2D eigenvalue weighted by Gasteiger charge is 2.36. The Labute approximate surface area is 109 Å². The first-order valence-corrected chi connectivity index (χ1v) is 6.67. The summed E-state index contributed by atoms with van der Waals surface area (Å²) < 4.78 is 0. The molecule has 0 amide bonds. The molecule has 18 heavy (non-hydrogen) atoms. The van der Waals surface area contributed by atoms with E-state index < -0.39 is 5.60 Å². The zero-order valence-electron chi connectivity index (χ0n) is 11.3. The topological polar surface area (TPSA) is 58.0 Å². The quantitative estimate of drug-likeness (QED) is 0.855. The Morgan fingerprint density at radius 1 is 1.22 bits per heavy atom. The van der Waals surface area contributed by atoms with Crippen LogP contribution in [0.2, 0.25) is 0 Å². The van der Waals surface area contributed by atoms with Crippen LogP contribution in [-0.4, -0.2) is 27.2 Å². The molecular weight excluding hydrogens is 226 g/mol. The maximum atomic E-state index is 10.5. The molecule has 1 saturated carbocycles. The van der Waals surface area contributed by atoms with E-state index in [1.807, 2.05) is 0 Å². The number of hydrogen-bond donors (Lipinski definition) is 2. The fraction of sp³-hybridized carbons (Fsp3) is 0.714. The lowest BCUT2D eigenvalue weighted by molar-refractivity contribution is -0.0245. The fourth-order valence-corrected chi connectivity index (χ4v) is 2.41. The molecule has 4 heteroatoms. The van der Waals surface area contributed by atoms with Crippen molar-refractivity contribution in [3.8, 4) is 0 Å². The van der Waals surface area contributed by atoms with Crippen LogP contribution in [-0.2, 0) is 6.54 Å². The predicted molar refractivity (Wildman–Crippen MR) is 70.9 cm³/mol. The summed E-state index contributed by atoms with van der Waals surface area (Å²) in [7, 11) is 0. The molecule has 100 valence electrons. The van der Waals surface area contributed by atoms with Gasteiger partial charge in [0, 0.05) is 31.7 Å². The van der Waals surface area contributed by atoms with E-state index >= 15 is 0 Å². The van der Waals surface area contributed by atoms with Crippen LogP contribution in [0.3, 0.4) is 0 Å². The van der Waals surface area contributed by atoms with Gasteiger partial charge in [-0.25, -0.2) is 0 Å². The van der Waals surface area contributed by atoms with Crippen LogP contribution in [0.4, 0.5) is 0 Å². The lowest BCUT2D eigenvalue weighted by Gasteiger charge is -2.40. The second-order valence-corrected chi connectivity index (χ2v) is 6.19. The van der Waals surface area contributed by atoms with Crippen molar-refractivity contribution in [2.45, 2.75) is 51.7 Å². The summed E-state index contributed by atoms with van der Waals surface area (Å²) in [5.74, 6) is 0. The molecule has 2 N–H and O–H groups in total. The summed E-state index contributed by atoms with van der Waals surface area (Å²) in [6, 6.07) is 0. The number of hydrogen-bond acceptors (Lipinski definition) is 4. The van der Waals surface area contributed by atoms with Crippen LogP contribution >= 0.6 is 0 Å². The van der Waals surface area contributed by atoms with Gasteiger partial charge >= 0.3 is 0 Å². The number of nitrogens with zero attached hydrogens (tertiary/aromatic N) is 2. The van der Waals surface area contributed by atoms with Crippen molar-refractivity contribution in [1.82, 2.24) is 15.3 Å². The monoisotopic (exact) mass is 249 g/mol. The first-order chi connectivity index (χ1) is 8.49. The molecule has 0 aliphatic heterocycles. The highest BCUT2D eigenvalue weighted by molar-refractivity contribution is 4.95. The van der Waals surface area contributed by atoms with Crippen LogP contribution in [0.25, 0.3) is 0 Å². The minimum Gasteiger partial charge on any atom is -0.389 e. The molecule has 4 nitrogen and oxygen atoms in total. The summed E-state index contributed by atoms with van der Waals surface area (Å²) in [4.78, 5) is 8.22. The van der Waals surface area contributed by atoms with E-state index in [0.29, 0.717) is 18.5 Å². The number of aliphatic hydroxyl groups is 1. The Balaban J connectivity index is 1.77. The molecule has 2 rings (SSSR count). The first-order valence-electron chi connectivity index (χ1n) is 6.67. The van der Waals surface area contributed by atoms with E-state index in [0.717, 1.165) is 31.4 Å². The molecule has 0 atom stereocenters. The Kier molecular flexibility index (Phi) is 3.97. The smallest absolute Gasteiger partial charge is 0.0772 e. The average Bonchev–Trinajstić information content (AvgIpc) is 2.35. The highest BCUT2D eigenvalue weighted by atomic mass is 16.3. The van der Waals surface area contributed by atoms with Gasteiger partial charge in [0.2, 0.25) is 0 Å². The molecule has 0 spiro atoms. The van der Waals surface area contributed by atoms with Gasteiger partial charge in [-0.2, -0.15) is 0 Å². The van der Waals surface area contributed by atoms with Crippen LogP contribution in [0.1, 0.15) is 45.2 Å². The number of nitrogens with one attached hydrogen (secondary N) is 1. The van der Waals surface area contributed by atoms with Crippen molar-refractivity contribution in [3.63, 3.8) is 0 Å². The second kappa shape index (κ2) is 5.33. The van der Waals surface area contributed by atoms with E-state index in [4.69, 9.17) is 0 Å². The fourth-order valence-electron chi connectivity index (χ4n) is 2.41.